The van der Waals surface area contributed by atoms with Crippen LogP contribution in [0.25, 0.3) is 0 Å². The van der Waals surface area contributed by atoms with Crippen LogP contribution in [0, 0.1) is 0 Å². The predicted molar refractivity (Wildman–Crippen MR) is 80.3 cm³/mol. The highest BCUT2D eigenvalue weighted by atomic mass is 16.5. The zero-order chi connectivity index (χ0) is 15.1. The normalized spacial score (nSPS) is 10.0. The van der Waals surface area contributed by atoms with Gasteiger partial charge < -0.3 is 14.2 Å². The van der Waals surface area contributed by atoms with Crippen LogP contribution >= 0.6 is 0 Å². The smallest absolute Gasteiger partial charge is 0.162 e. The average molecular weight is 286 g/mol. The summed E-state index contributed by atoms with van der Waals surface area (Å²) >= 11 is 0. The molecular weight excluding hydrogens is 268 g/mol. The standard InChI is InChI=1S/C17H18O4/c1-3-20-15-7-4-13(5-8-15)12-21-17-10-14(11-18)6-9-16(17)19-2/h4-11H,3,12H2,1-2H3. The van der Waals surface area contributed by atoms with E-state index in [0.717, 1.165) is 17.6 Å². The Kier molecular flexibility index (Phi) is 5.21. The number of benzene rings is 2. The lowest BCUT2D eigenvalue weighted by molar-refractivity contribution is 0.112. The molecule has 0 aromatic heterocycles. The maximum Gasteiger partial charge on any atom is 0.162 e. The van der Waals surface area contributed by atoms with Crippen LogP contribution in [0.15, 0.2) is 42.5 Å². The highest BCUT2D eigenvalue weighted by Gasteiger charge is 2.06. The summed E-state index contributed by atoms with van der Waals surface area (Å²) in [6.45, 7) is 2.99. The highest BCUT2D eigenvalue weighted by molar-refractivity contribution is 5.76. The summed E-state index contributed by atoms with van der Waals surface area (Å²) in [5.41, 5.74) is 1.56. The van der Waals surface area contributed by atoms with Crippen molar-refractivity contribution in [2.75, 3.05) is 13.7 Å². The Labute approximate surface area is 124 Å². The minimum Gasteiger partial charge on any atom is -0.494 e. The lowest BCUT2D eigenvalue weighted by Crippen LogP contribution is -1.99. The number of aldehydes is 1. The number of carbonyl (C=O) groups is 1. The molecule has 110 valence electrons. The van der Waals surface area contributed by atoms with Crippen molar-refractivity contribution in [1.29, 1.82) is 0 Å². The van der Waals surface area contributed by atoms with Crippen LogP contribution in [-0.4, -0.2) is 20.0 Å². The molecule has 0 aliphatic carbocycles. The van der Waals surface area contributed by atoms with Gasteiger partial charge in [0.1, 0.15) is 18.6 Å². The molecule has 0 saturated carbocycles. The Balaban J connectivity index is 2.06. The maximum absolute atomic E-state index is 10.8. The molecule has 0 N–H and O–H groups in total. The average Bonchev–Trinajstić information content (AvgIpc) is 2.54. The van der Waals surface area contributed by atoms with Gasteiger partial charge in [0.2, 0.25) is 0 Å². The number of hydrogen-bond acceptors (Lipinski definition) is 4. The third-order valence-corrected chi connectivity index (χ3v) is 2.95. The van der Waals surface area contributed by atoms with Gasteiger partial charge in [-0.25, -0.2) is 0 Å². The molecule has 0 spiro atoms. The van der Waals surface area contributed by atoms with E-state index >= 15 is 0 Å². The van der Waals surface area contributed by atoms with E-state index < -0.39 is 0 Å². The van der Waals surface area contributed by atoms with Crippen LogP contribution in [0.4, 0.5) is 0 Å². The Morgan fingerprint density at radius 1 is 1.00 bits per heavy atom. The van der Waals surface area contributed by atoms with Gasteiger partial charge in [-0.2, -0.15) is 0 Å². The molecule has 0 atom stereocenters. The van der Waals surface area contributed by atoms with E-state index in [2.05, 4.69) is 0 Å². The maximum atomic E-state index is 10.8. The van der Waals surface area contributed by atoms with Crippen LogP contribution < -0.4 is 14.2 Å². The monoisotopic (exact) mass is 286 g/mol. The largest absolute Gasteiger partial charge is 0.494 e. The topological polar surface area (TPSA) is 44.8 Å². The predicted octanol–water partition coefficient (Wildman–Crippen LogP) is 3.49. The first-order chi connectivity index (χ1) is 10.3. The third-order valence-electron chi connectivity index (χ3n) is 2.95. The molecule has 4 heteroatoms. The summed E-state index contributed by atoms with van der Waals surface area (Å²) in [6.07, 6.45) is 0.781. The van der Waals surface area contributed by atoms with E-state index in [1.165, 1.54) is 0 Å². The van der Waals surface area contributed by atoms with Crippen LogP contribution in [0.3, 0.4) is 0 Å². The minimum absolute atomic E-state index is 0.394. The second-order valence-corrected chi connectivity index (χ2v) is 4.39. The summed E-state index contributed by atoms with van der Waals surface area (Å²) in [7, 11) is 1.57. The van der Waals surface area contributed by atoms with Crippen molar-refractivity contribution >= 4 is 6.29 Å². The van der Waals surface area contributed by atoms with Gasteiger partial charge in [-0.05, 0) is 42.8 Å². The second-order valence-electron chi connectivity index (χ2n) is 4.39. The molecule has 2 aromatic carbocycles. The van der Waals surface area contributed by atoms with E-state index in [9.17, 15) is 4.79 Å². The molecule has 0 amide bonds. The molecule has 0 heterocycles. The molecule has 2 rings (SSSR count). The molecule has 21 heavy (non-hydrogen) atoms. The van der Waals surface area contributed by atoms with Crippen molar-refractivity contribution in [3.05, 3.63) is 53.6 Å². The minimum atomic E-state index is 0.394. The molecule has 0 aliphatic heterocycles. The van der Waals surface area contributed by atoms with Crippen molar-refractivity contribution < 1.29 is 19.0 Å². The molecule has 0 radical (unpaired) electrons. The second kappa shape index (κ2) is 7.33. The van der Waals surface area contributed by atoms with E-state index in [1.54, 1.807) is 25.3 Å². The van der Waals surface area contributed by atoms with Crippen molar-refractivity contribution in [2.45, 2.75) is 13.5 Å². The van der Waals surface area contributed by atoms with Crippen molar-refractivity contribution in [1.82, 2.24) is 0 Å². The van der Waals surface area contributed by atoms with Gasteiger partial charge in [0.05, 0.1) is 13.7 Å². The molecule has 2 aromatic rings. The van der Waals surface area contributed by atoms with Gasteiger partial charge in [-0.15, -0.1) is 0 Å². The number of carbonyl (C=O) groups excluding carboxylic acids is 1. The van der Waals surface area contributed by atoms with Crippen LogP contribution in [0.5, 0.6) is 17.2 Å². The van der Waals surface area contributed by atoms with Gasteiger partial charge >= 0.3 is 0 Å². The molecule has 0 saturated heterocycles. The lowest BCUT2D eigenvalue weighted by Gasteiger charge is -2.11. The number of hydrogen-bond donors (Lipinski definition) is 0. The number of methoxy groups -OCH3 is 1. The van der Waals surface area contributed by atoms with Gasteiger partial charge in [0.25, 0.3) is 0 Å². The van der Waals surface area contributed by atoms with Crippen LogP contribution in [0.1, 0.15) is 22.8 Å². The van der Waals surface area contributed by atoms with Crippen LogP contribution in [-0.2, 0) is 6.61 Å². The van der Waals surface area contributed by atoms with E-state index in [-0.39, 0.29) is 0 Å². The van der Waals surface area contributed by atoms with Crippen molar-refractivity contribution in [3.63, 3.8) is 0 Å². The third kappa shape index (κ3) is 3.99. The quantitative estimate of drug-likeness (QED) is 0.731. The fourth-order valence-electron chi connectivity index (χ4n) is 1.89. The van der Waals surface area contributed by atoms with Crippen LogP contribution in [0.2, 0.25) is 0 Å². The first kappa shape index (κ1) is 14.9. The van der Waals surface area contributed by atoms with Crippen molar-refractivity contribution in [2.24, 2.45) is 0 Å². The summed E-state index contributed by atoms with van der Waals surface area (Å²) in [5.74, 6) is 1.99. The highest BCUT2D eigenvalue weighted by Crippen LogP contribution is 2.28. The summed E-state index contributed by atoms with van der Waals surface area (Å²) in [6, 6.07) is 12.8. The SMILES string of the molecule is CCOc1ccc(COc2cc(C=O)ccc2OC)cc1. The Hall–Kier alpha value is -2.49. The molecular formula is C17H18O4. The summed E-state index contributed by atoms with van der Waals surface area (Å²) < 4.78 is 16.3. The van der Waals surface area contributed by atoms with E-state index in [4.69, 9.17) is 14.2 Å². The van der Waals surface area contributed by atoms with E-state index in [1.807, 2.05) is 31.2 Å². The first-order valence-corrected chi connectivity index (χ1v) is 6.74. The Bertz CT molecular complexity index is 590. The van der Waals surface area contributed by atoms with Gasteiger partial charge in [-0.3, -0.25) is 4.79 Å². The number of rotatable bonds is 7. The van der Waals surface area contributed by atoms with Gasteiger partial charge in [0.15, 0.2) is 11.5 Å². The molecule has 0 bridgehead atoms. The zero-order valence-electron chi connectivity index (χ0n) is 12.2. The Morgan fingerprint density at radius 2 is 1.76 bits per heavy atom. The lowest BCUT2D eigenvalue weighted by atomic mass is 10.2. The molecule has 4 nitrogen and oxygen atoms in total. The van der Waals surface area contributed by atoms with Gasteiger partial charge in [-0.1, -0.05) is 12.1 Å². The molecule has 0 unspecified atom stereocenters. The molecule has 0 fully saturated rings. The number of ether oxygens (including phenoxy) is 3. The summed E-state index contributed by atoms with van der Waals surface area (Å²) in [5, 5.41) is 0. The first-order valence-electron chi connectivity index (χ1n) is 6.74. The fourth-order valence-corrected chi connectivity index (χ4v) is 1.89. The summed E-state index contributed by atoms with van der Waals surface area (Å²) in [4.78, 5) is 10.8. The van der Waals surface area contributed by atoms with E-state index in [0.29, 0.717) is 30.3 Å². The van der Waals surface area contributed by atoms with Crippen molar-refractivity contribution in [3.8, 4) is 17.2 Å². The molecule has 0 aliphatic rings. The Morgan fingerprint density at radius 3 is 2.38 bits per heavy atom. The zero-order valence-corrected chi connectivity index (χ0v) is 12.2. The fraction of sp³-hybridized carbons (Fsp3) is 0.235. The van der Waals surface area contributed by atoms with Gasteiger partial charge in [0, 0.05) is 5.56 Å².